The first-order valence-corrected chi connectivity index (χ1v) is 6.85. The summed E-state index contributed by atoms with van der Waals surface area (Å²) in [6.45, 7) is 5.41. The third-order valence-electron chi connectivity index (χ3n) is 3.38. The van der Waals surface area contributed by atoms with Crippen molar-refractivity contribution in [2.45, 2.75) is 45.3 Å². The minimum absolute atomic E-state index is 0.185. The fourth-order valence-corrected chi connectivity index (χ4v) is 2.65. The fraction of sp³-hybridized carbons (Fsp3) is 0.600. The van der Waals surface area contributed by atoms with Crippen LogP contribution in [-0.2, 0) is 0 Å². The molecule has 2 rings (SSSR count). The van der Waals surface area contributed by atoms with E-state index in [9.17, 15) is 0 Å². The average Bonchev–Trinajstić information content (AvgIpc) is 2.78. The van der Waals surface area contributed by atoms with Gasteiger partial charge >= 0.3 is 0 Å². The Morgan fingerprint density at radius 3 is 2.89 bits per heavy atom. The zero-order chi connectivity index (χ0) is 13.0. The largest absolute Gasteiger partial charge is 0.489 e. The highest BCUT2D eigenvalue weighted by Crippen LogP contribution is 2.34. The van der Waals surface area contributed by atoms with E-state index in [1.807, 2.05) is 26.0 Å². The molecule has 3 heteroatoms. The third-order valence-corrected chi connectivity index (χ3v) is 3.38. The molecule has 0 amide bonds. The Morgan fingerprint density at radius 1 is 1.39 bits per heavy atom. The van der Waals surface area contributed by atoms with E-state index in [-0.39, 0.29) is 12.7 Å². The quantitative estimate of drug-likeness (QED) is 0.871. The molecule has 3 nitrogen and oxygen atoms in total. The van der Waals surface area contributed by atoms with Crippen molar-refractivity contribution in [1.82, 2.24) is 0 Å². The maximum atomic E-state index is 9.15. The number of rotatable bonds is 5. The maximum absolute atomic E-state index is 9.15. The summed E-state index contributed by atoms with van der Waals surface area (Å²) >= 11 is 0. The van der Waals surface area contributed by atoms with Gasteiger partial charge in [-0.3, -0.25) is 0 Å². The summed E-state index contributed by atoms with van der Waals surface area (Å²) < 4.78 is 5.88. The van der Waals surface area contributed by atoms with E-state index in [4.69, 9.17) is 9.84 Å². The number of nitrogens with zero attached hydrogens (tertiary/aromatic N) is 1. The lowest BCUT2D eigenvalue weighted by atomic mass is 10.1. The second kappa shape index (κ2) is 6.10. The molecule has 0 aromatic heterocycles. The van der Waals surface area contributed by atoms with Crippen molar-refractivity contribution in [1.29, 1.82) is 0 Å². The molecule has 1 atom stereocenters. The molecule has 0 bridgehead atoms. The number of benzene rings is 1. The minimum Gasteiger partial charge on any atom is -0.489 e. The SMILES string of the molecule is CC(C)Oc1ccccc1N1CCCC1CCO. The highest BCUT2D eigenvalue weighted by molar-refractivity contribution is 5.59. The maximum Gasteiger partial charge on any atom is 0.142 e. The molecule has 1 aromatic rings. The zero-order valence-electron chi connectivity index (χ0n) is 11.3. The molecule has 1 fully saturated rings. The highest BCUT2D eigenvalue weighted by atomic mass is 16.5. The summed E-state index contributed by atoms with van der Waals surface area (Å²) in [5.74, 6) is 0.956. The smallest absolute Gasteiger partial charge is 0.142 e. The van der Waals surface area contributed by atoms with E-state index in [0.29, 0.717) is 6.04 Å². The first-order chi connectivity index (χ1) is 8.72. The summed E-state index contributed by atoms with van der Waals surface area (Å²) in [6, 6.07) is 8.67. The van der Waals surface area contributed by atoms with Crippen molar-refractivity contribution >= 4 is 5.69 Å². The fourth-order valence-electron chi connectivity index (χ4n) is 2.65. The summed E-state index contributed by atoms with van der Waals surface area (Å²) in [7, 11) is 0. The van der Waals surface area contributed by atoms with Gasteiger partial charge in [-0.2, -0.15) is 0 Å². The lowest BCUT2D eigenvalue weighted by Gasteiger charge is -2.28. The average molecular weight is 249 g/mol. The van der Waals surface area contributed by atoms with Gasteiger partial charge in [0, 0.05) is 19.2 Å². The summed E-state index contributed by atoms with van der Waals surface area (Å²) in [6.07, 6.45) is 3.39. The monoisotopic (exact) mass is 249 g/mol. The molecule has 0 aliphatic carbocycles. The standard InChI is InChI=1S/C15H23NO2/c1-12(2)18-15-8-4-3-7-14(15)16-10-5-6-13(16)9-11-17/h3-4,7-8,12-13,17H,5-6,9-11H2,1-2H3. The molecule has 1 aliphatic heterocycles. The van der Waals surface area contributed by atoms with Gasteiger partial charge in [0.2, 0.25) is 0 Å². The van der Waals surface area contributed by atoms with Crippen LogP contribution in [0.1, 0.15) is 33.1 Å². The number of para-hydroxylation sites is 2. The number of hydrogen-bond donors (Lipinski definition) is 1. The van der Waals surface area contributed by atoms with E-state index >= 15 is 0 Å². The molecule has 1 unspecified atom stereocenters. The molecular weight excluding hydrogens is 226 g/mol. The lowest BCUT2D eigenvalue weighted by molar-refractivity contribution is 0.242. The molecule has 100 valence electrons. The summed E-state index contributed by atoms with van der Waals surface area (Å²) in [5.41, 5.74) is 1.17. The molecule has 0 spiro atoms. The molecule has 1 saturated heterocycles. The van der Waals surface area contributed by atoms with Crippen LogP contribution in [0.25, 0.3) is 0 Å². The number of hydrogen-bond acceptors (Lipinski definition) is 3. The van der Waals surface area contributed by atoms with Crippen LogP contribution >= 0.6 is 0 Å². The Kier molecular flexibility index (Phi) is 4.48. The van der Waals surface area contributed by atoms with Crippen molar-refractivity contribution in [3.05, 3.63) is 24.3 Å². The Hall–Kier alpha value is -1.22. The van der Waals surface area contributed by atoms with E-state index in [2.05, 4.69) is 17.0 Å². The van der Waals surface area contributed by atoms with Gasteiger partial charge in [-0.05, 0) is 45.2 Å². The van der Waals surface area contributed by atoms with Crippen LogP contribution in [0.3, 0.4) is 0 Å². The summed E-state index contributed by atoms with van der Waals surface area (Å²) in [5, 5.41) is 9.15. The molecule has 1 heterocycles. The van der Waals surface area contributed by atoms with Gasteiger partial charge in [0.25, 0.3) is 0 Å². The van der Waals surface area contributed by atoms with Crippen molar-refractivity contribution in [3.8, 4) is 5.75 Å². The molecule has 0 saturated carbocycles. The van der Waals surface area contributed by atoms with Gasteiger partial charge in [0.15, 0.2) is 0 Å². The number of ether oxygens (including phenoxy) is 1. The van der Waals surface area contributed by atoms with Gasteiger partial charge in [-0.25, -0.2) is 0 Å². The van der Waals surface area contributed by atoms with E-state index in [1.54, 1.807) is 0 Å². The van der Waals surface area contributed by atoms with Crippen molar-refractivity contribution in [2.75, 3.05) is 18.1 Å². The second-order valence-electron chi connectivity index (χ2n) is 5.14. The Bertz CT molecular complexity index is 379. The van der Waals surface area contributed by atoms with Gasteiger partial charge in [0.05, 0.1) is 11.8 Å². The van der Waals surface area contributed by atoms with Crippen molar-refractivity contribution in [3.63, 3.8) is 0 Å². The Labute approximate surface area is 109 Å². The zero-order valence-corrected chi connectivity index (χ0v) is 11.3. The normalized spacial score (nSPS) is 19.6. The van der Waals surface area contributed by atoms with Gasteiger partial charge < -0.3 is 14.7 Å². The molecular formula is C15H23NO2. The first-order valence-electron chi connectivity index (χ1n) is 6.85. The van der Waals surface area contributed by atoms with E-state index in [0.717, 1.165) is 25.1 Å². The van der Waals surface area contributed by atoms with E-state index < -0.39 is 0 Å². The van der Waals surface area contributed by atoms with Crippen LogP contribution in [0.5, 0.6) is 5.75 Å². The second-order valence-corrected chi connectivity index (χ2v) is 5.14. The molecule has 1 N–H and O–H groups in total. The predicted molar refractivity (Wildman–Crippen MR) is 74.3 cm³/mol. The third kappa shape index (κ3) is 2.96. The topological polar surface area (TPSA) is 32.7 Å². The molecule has 0 radical (unpaired) electrons. The van der Waals surface area contributed by atoms with Gasteiger partial charge in [-0.1, -0.05) is 12.1 Å². The number of aliphatic hydroxyl groups excluding tert-OH is 1. The number of anilines is 1. The number of aliphatic hydroxyl groups is 1. The van der Waals surface area contributed by atoms with Crippen LogP contribution < -0.4 is 9.64 Å². The van der Waals surface area contributed by atoms with Crippen LogP contribution in [0, 0.1) is 0 Å². The predicted octanol–water partition coefficient (Wildman–Crippen LogP) is 2.83. The minimum atomic E-state index is 0.185. The van der Waals surface area contributed by atoms with Crippen LogP contribution in [0.15, 0.2) is 24.3 Å². The Balaban J connectivity index is 2.20. The summed E-state index contributed by atoms with van der Waals surface area (Å²) in [4.78, 5) is 2.38. The molecule has 18 heavy (non-hydrogen) atoms. The van der Waals surface area contributed by atoms with Crippen LogP contribution in [-0.4, -0.2) is 30.4 Å². The van der Waals surface area contributed by atoms with Crippen molar-refractivity contribution < 1.29 is 9.84 Å². The molecule has 1 aromatic carbocycles. The lowest BCUT2D eigenvalue weighted by Crippen LogP contribution is -2.30. The highest BCUT2D eigenvalue weighted by Gasteiger charge is 2.26. The van der Waals surface area contributed by atoms with Crippen LogP contribution in [0.4, 0.5) is 5.69 Å². The van der Waals surface area contributed by atoms with Gasteiger partial charge in [0.1, 0.15) is 5.75 Å². The van der Waals surface area contributed by atoms with Crippen molar-refractivity contribution in [2.24, 2.45) is 0 Å². The van der Waals surface area contributed by atoms with Crippen LogP contribution in [0.2, 0.25) is 0 Å². The molecule has 1 aliphatic rings. The van der Waals surface area contributed by atoms with E-state index in [1.165, 1.54) is 12.1 Å². The van der Waals surface area contributed by atoms with Gasteiger partial charge in [-0.15, -0.1) is 0 Å². The first kappa shape index (κ1) is 13.2. The Morgan fingerprint density at radius 2 is 2.17 bits per heavy atom.